The van der Waals surface area contributed by atoms with Crippen molar-refractivity contribution in [1.82, 2.24) is 10.6 Å². The van der Waals surface area contributed by atoms with Gasteiger partial charge in [-0.2, -0.15) is 0 Å². The predicted octanol–water partition coefficient (Wildman–Crippen LogP) is 3.34. The highest BCUT2D eigenvalue weighted by Crippen LogP contribution is 2.44. The van der Waals surface area contributed by atoms with Crippen molar-refractivity contribution in [3.05, 3.63) is 95.6 Å². The van der Waals surface area contributed by atoms with Crippen molar-refractivity contribution in [1.29, 1.82) is 0 Å². The lowest BCUT2D eigenvalue weighted by Gasteiger charge is -2.14. The standard InChI is InChI=1S/C28H24N2O5/c31-26(30-25(27(32)33)17-19-9-2-1-3-10-19)15-8-16-29-28(34)35-18-24-22-13-6-4-11-20(22)21-12-5-7-14-23(21)24/h1-7,9-14,24-25H,16-18H2,(H,29,34)(H,30,31)(H,32,33)/t25-/m0/s1. The minimum atomic E-state index is -1.15. The van der Waals surface area contributed by atoms with Crippen molar-refractivity contribution in [2.75, 3.05) is 13.2 Å². The normalized spacial score (nSPS) is 12.3. The molecular weight excluding hydrogens is 444 g/mol. The fraction of sp³-hybridized carbons (Fsp3) is 0.179. The first kappa shape index (κ1) is 23.6. The van der Waals surface area contributed by atoms with E-state index in [4.69, 9.17) is 4.74 Å². The minimum absolute atomic E-state index is 0.0532. The largest absolute Gasteiger partial charge is 0.480 e. The van der Waals surface area contributed by atoms with Crippen molar-refractivity contribution in [3.8, 4) is 23.0 Å². The first-order chi connectivity index (χ1) is 17.0. The number of hydrogen-bond donors (Lipinski definition) is 3. The molecule has 0 heterocycles. The van der Waals surface area contributed by atoms with Gasteiger partial charge in [-0.25, -0.2) is 9.59 Å². The number of carboxylic acid groups (broad SMARTS) is 1. The molecule has 35 heavy (non-hydrogen) atoms. The highest BCUT2D eigenvalue weighted by Gasteiger charge is 2.28. The van der Waals surface area contributed by atoms with Crippen LogP contribution < -0.4 is 10.6 Å². The highest BCUT2D eigenvalue weighted by molar-refractivity contribution is 5.96. The zero-order valence-corrected chi connectivity index (χ0v) is 18.9. The first-order valence-electron chi connectivity index (χ1n) is 11.2. The van der Waals surface area contributed by atoms with E-state index >= 15 is 0 Å². The Bertz CT molecular complexity index is 1250. The van der Waals surface area contributed by atoms with Crippen LogP contribution in [-0.2, 0) is 20.7 Å². The van der Waals surface area contributed by atoms with Crippen molar-refractivity contribution in [2.45, 2.75) is 18.4 Å². The van der Waals surface area contributed by atoms with Crippen LogP contribution in [0.3, 0.4) is 0 Å². The third kappa shape index (κ3) is 5.87. The maximum absolute atomic E-state index is 12.2. The number of amides is 2. The molecule has 0 fully saturated rings. The number of fused-ring (bicyclic) bond motifs is 3. The summed E-state index contributed by atoms with van der Waals surface area (Å²) < 4.78 is 5.41. The van der Waals surface area contributed by atoms with E-state index in [9.17, 15) is 19.5 Å². The van der Waals surface area contributed by atoms with Gasteiger partial charge in [0.2, 0.25) is 0 Å². The fourth-order valence-corrected chi connectivity index (χ4v) is 4.13. The topological polar surface area (TPSA) is 105 Å². The number of hydrogen-bond acceptors (Lipinski definition) is 4. The molecule has 1 atom stereocenters. The second-order valence-electron chi connectivity index (χ2n) is 8.03. The molecule has 7 nitrogen and oxygen atoms in total. The Kier molecular flexibility index (Phi) is 7.44. The van der Waals surface area contributed by atoms with Crippen LogP contribution in [0.15, 0.2) is 78.9 Å². The Labute approximate surface area is 203 Å². The Hall–Kier alpha value is -4.57. The van der Waals surface area contributed by atoms with E-state index in [0.29, 0.717) is 0 Å². The molecule has 0 aliphatic heterocycles. The number of carbonyl (C=O) groups is 3. The van der Waals surface area contributed by atoms with E-state index in [1.54, 1.807) is 24.3 Å². The summed E-state index contributed by atoms with van der Waals surface area (Å²) in [6.45, 7) is 0.0636. The molecule has 7 heteroatoms. The monoisotopic (exact) mass is 468 g/mol. The summed E-state index contributed by atoms with van der Waals surface area (Å²) in [5.41, 5.74) is 5.29. The number of carboxylic acids is 1. The van der Waals surface area contributed by atoms with Crippen molar-refractivity contribution < 1.29 is 24.2 Å². The lowest BCUT2D eigenvalue weighted by atomic mass is 9.98. The van der Waals surface area contributed by atoms with E-state index in [-0.39, 0.29) is 25.5 Å². The Morgan fingerprint density at radius 3 is 2.11 bits per heavy atom. The zero-order chi connectivity index (χ0) is 24.6. The van der Waals surface area contributed by atoms with Gasteiger partial charge in [0.1, 0.15) is 12.6 Å². The van der Waals surface area contributed by atoms with Crippen LogP contribution in [0.1, 0.15) is 22.6 Å². The quantitative estimate of drug-likeness (QED) is 0.462. The molecule has 0 saturated carbocycles. The van der Waals surface area contributed by atoms with Gasteiger partial charge in [0, 0.05) is 12.3 Å². The molecule has 3 aromatic carbocycles. The van der Waals surface area contributed by atoms with Gasteiger partial charge in [0.15, 0.2) is 0 Å². The molecule has 3 N–H and O–H groups in total. The van der Waals surface area contributed by atoms with Crippen LogP contribution >= 0.6 is 0 Å². The highest BCUT2D eigenvalue weighted by atomic mass is 16.5. The molecule has 0 saturated heterocycles. The summed E-state index contributed by atoms with van der Waals surface area (Å²) >= 11 is 0. The fourth-order valence-electron chi connectivity index (χ4n) is 4.13. The minimum Gasteiger partial charge on any atom is -0.480 e. The number of ether oxygens (including phenoxy) is 1. The maximum atomic E-state index is 12.2. The van der Waals surface area contributed by atoms with E-state index in [2.05, 4.69) is 34.6 Å². The summed E-state index contributed by atoms with van der Waals surface area (Å²) in [6, 6.07) is 24.0. The summed E-state index contributed by atoms with van der Waals surface area (Å²) in [6.07, 6.45) is -0.504. The van der Waals surface area contributed by atoms with Gasteiger partial charge in [-0.15, -0.1) is 0 Å². The second-order valence-corrected chi connectivity index (χ2v) is 8.03. The average molecular weight is 469 g/mol. The zero-order valence-electron chi connectivity index (χ0n) is 18.9. The molecule has 1 aliphatic carbocycles. The van der Waals surface area contributed by atoms with Crippen LogP contribution in [-0.4, -0.2) is 42.3 Å². The van der Waals surface area contributed by atoms with Crippen LogP contribution in [0.5, 0.6) is 0 Å². The molecular formula is C28H24N2O5. The van der Waals surface area contributed by atoms with Gasteiger partial charge >= 0.3 is 12.1 Å². The lowest BCUT2D eigenvalue weighted by Crippen LogP contribution is -2.41. The molecule has 176 valence electrons. The molecule has 2 amide bonds. The number of rotatable bonds is 7. The van der Waals surface area contributed by atoms with Gasteiger partial charge in [0.25, 0.3) is 5.91 Å². The van der Waals surface area contributed by atoms with Crippen molar-refractivity contribution in [2.24, 2.45) is 0 Å². The molecule has 0 unspecified atom stereocenters. The molecule has 0 radical (unpaired) electrons. The van der Waals surface area contributed by atoms with Gasteiger partial charge < -0.3 is 20.5 Å². The third-order valence-corrected chi connectivity index (χ3v) is 5.75. The van der Waals surface area contributed by atoms with Crippen molar-refractivity contribution >= 4 is 18.0 Å². The van der Waals surface area contributed by atoms with E-state index in [1.807, 2.05) is 42.5 Å². The van der Waals surface area contributed by atoms with Crippen molar-refractivity contribution in [3.63, 3.8) is 0 Å². The second kappa shape index (κ2) is 11.0. The summed E-state index contributed by atoms with van der Waals surface area (Å²) in [5, 5.41) is 14.2. The number of aliphatic carboxylic acids is 1. The SMILES string of the molecule is O=C(C#CCNC(=O)OCC1c2ccccc2-c2ccccc21)N[C@@H](Cc1ccccc1)C(=O)O. The molecule has 0 aromatic heterocycles. The number of nitrogens with one attached hydrogen (secondary N) is 2. The molecule has 1 aliphatic rings. The first-order valence-corrected chi connectivity index (χ1v) is 11.2. The number of alkyl carbamates (subject to hydrolysis) is 1. The van der Waals surface area contributed by atoms with E-state index < -0.39 is 24.0 Å². The van der Waals surface area contributed by atoms with Gasteiger partial charge in [-0.3, -0.25) is 4.79 Å². The van der Waals surface area contributed by atoms with Crippen LogP contribution in [0, 0.1) is 11.8 Å². The Morgan fingerprint density at radius 1 is 0.886 bits per heavy atom. The average Bonchev–Trinajstić information content (AvgIpc) is 3.19. The van der Waals surface area contributed by atoms with E-state index in [0.717, 1.165) is 27.8 Å². The summed E-state index contributed by atoms with van der Waals surface area (Å²) in [4.78, 5) is 35.7. The van der Waals surface area contributed by atoms with Gasteiger partial charge in [0.05, 0.1) is 6.54 Å². The van der Waals surface area contributed by atoms with Gasteiger partial charge in [-0.1, -0.05) is 84.8 Å². The van der Waals surface area contributed by atoms with Crippen LogP contribution in [0.4, 0.5) is 4.79 Å². The van der Waals surface area contributed by atoms with Crippen LogP contribution in [0.2, 0.25) is 0 Å². The van der Waals surface area contributed by atoms with E-state index in [1.165, 1.54) is 0 Å². The number of benzene rings is 3. The Morgan fingerprint density at radius 2 is 1.49 bits per heavy atom. The molecule has 0 bridgehead atoms. The third-order valence-electron chi connectivity index (χ3n) is 5.75. The Balaban J connectivity index is 1.25. The lowest BCUT2D eigenvalue weighted by molar-refractivity contribution is -0.141. The van der Waals surface area contributed by atoms with Gasteiger partial charge in [-0.05, 0) is 33.7 Å². The summed E-state index contributed by atoms with van der Waals surface area (Å²) in [7, 11) is 0. The maximum Gasteiger partial charge on any atom is 0.407 e. The molecule has 3 aromatic rings. The molecule has 0 spiro atoms. The summed E-state index contributed by atoms with van der Waals surface area (Å²) in [5.74, 6) is 2.88. The predicted molar refractivity (Wildman–Crippen MR) is 131 cm³/mol. The molecule has 4 rings (SSSR count). The smallest absolute Gasteiger partial charge is 0.407 e. The number of carbonyl (C=O) groups excluding carboxylic acids is 2. The van der Waals surface area contributed by atoms with Crippen LogP contribution in [0.25, 0.3) is 11.1 Å².